The van der Waals surface area contributed by atoms with E-state index in [0.29, 0.717) is 16.5 Å². The number of carbonyl (C=O) groups is 1. The second-order valence-electron chi connectivity index (χ2n) is 5.91. The molecule has 0 heterocycles. The number of hydrogen-bond acceptors (Lipinski definition) is 1. The van der Waals surface area contributed by atoms with Gasteiger partial charge in [0.05, 0.1) is 16.1 Å². The molecule has 4 heteroatoms. The Hall–Kier alpha value is -1.51. The second-order valence-corrected chi connectivity index (χ2v) is 6.72. The number of carbonyl (C=O) groups excluding carboxylic acids is 1. The van der Waals surface area contributed by atoms with Crippen molar-refractivity contribution >= 4 is 29.1 Å². The van der Waals surface area contributed by atoms with Gasteiger partial charge >= 0.3 is 0 Å². The minimum Gasteiger partial charge on any atom is -0.349 e. The Bertz CT molecular complexity index is 729. The molecule has 0 saturated carbocycles. The molecule has 0 unspecified atom stereocenters. The van der Waals surface area contributed by atoms with Crippen LogP contribution in [0.4, 0.5) is 0 Å². The fourth-order valence-electron chi connectivity index (χ4n) is 3.31. The first-order valence-corrected chi connectivity index (χ1v) is 8.69. The Kier molecular flexibility index (Phi) is 4.93. The molecule has 0 aromatic heterocycles. The minimum atomic E-state index is 0.0951. The number of amides is 1. The van der Waals surface area contributed by atoms with Gasteiger partial charge in [-0.15, -0.1) is 0 Å². The molecule has 1 amide bonds. The smallest absolute Gasteiger partial charge is 0.220 e. The number of benzene rings is 2. The molecule has 0 aliphatic heterocycles. The van der Waals surface area contributed by atoms with Crippen LogP contribution in [0.15, 0.2) is 42.5 Å². The summed E-state index contributed by atoms with van der Waals surface area (Å²) in [4.78, 5) is 11.8. The average Bonchev–Trinajstić information content (AvgIpc) is 2.57. The van der Waals surface area contributed by atoms with E-state index in [0.717, 1.165) is 12.8 Å². The van der Waals surface area contributed by atoms with Crippen LogP contribution in [-0.2, 0) is 4.79 Å². The minimum absolute atomic E-state index is 0.0951. The van der Waals surface area contributed by atoms with Gasteiger partial charge in [0, 0.05) is 12.3 Å². The lowest BCUT2D eigenvalue weighted by molar-refractivity contribution is -0.121. The SMILES string of the molecule is CCC(=O)N[C@H]1CC[C@@H](c2ccc(Cl)c(Cl)c2)c2ccccc21. The molecule has 23 heavy (non-hydrogen) atoms. The molecule has 1 aliphatic rings. The third-order valence-corrected chi connectivity index (χ3v) is 5.23. The predicted octanol–water partition coefficient (Wildman–Crippen LogP) is 5.49. The van der Waals surface area contributed by atoms with Crippen LogP contribution in [0.25, 0.3) is 0 Å². The van der Waals surface area contributed by atoms with Crippen LogP contribution in [0.5, 0.6) is 0 Å². The van der Waals surface area contributed by atoms with E-state index in [-0.39, 0.29) is 17.9 Å². The van der Waals surface area contributed by atoms with Crippen LogP contribution in [0.1, 0.15) is 54.8 Å². The average molecular weight is 348 g/mol. The van der Waals surface area contributed by atoms with Crippen LogP contribution in [0.3, 0.4) is 0 Å². The van der Waals surface area contributed by atoms with Crippen molar-refractivity contribution in [2.45, 2.75) is 38.1 Å². The van der Waals surface area contributed by atoms with E-state index < -0.39 is 0 Å². The zero-order chi connectivity index (χ0) is 16.4. The molecule has 2 nitrogen and oxygen atoms in total. The molecule has 2 aromatic carbocycles. The van der Waals surface area contributed by atoms with E-state index in [4.69, 9.17) is 23.2 Å². The first kappa shape index (κ1) is 16.4. The van der Waals surface area contributed by atoms with E-state index in [1.807, 2.05) is 37.3 Å². The summed E-state index contributed by atoms with van der Waals surface area (Å²) in [5, 5.41) is 4.29. The van der Waals surface area contributed by atoms with Gasteiger partial charge in [-0.3, -0.25) is 4.79 Å². The largest absolute Gasteiger partial charge is 0.349 e. The summed E-state index contributed by atoms with van der Waals surface area (Å²) in [6.07, 6.45) is 2.41. The van der Waals surface area contributed by atoms with Crippen LogP contribution in [0, 0.1) is 0 Å². The van der Waals surface area contributed by atoms with Gasteiger partial charge in [-0.25, -0.2) is 0 Å². The van der Waals surface area contributed by atoms with Crippen molar-refractivity contribution in [1.82, 2.24) is 5.32 Å². The van der Waals surface area contributed by atoms with Crippen LogP contribution in [-0.4, -0.2) is 5.91 Å². The molecule has 0 spiro atoms. The first-order valence-electron chi connectivity index (χ1n) is 7.93. The topological polar surface area (TPSA) is 29.1 Å². The highest BCUT2D eigenvalue weighted by atomic mass is 35.5. The third kappa shape index (κ3) is 3.39. The van der Waals surface area contributed by atoms with E-state index >= 15 is 0 Å². The van der Waals surface area contributed by atoms with Crippen LogP contribution >= 0.6 is 23.2 Å². The highest BCUT2D eigenvalue weighted by Gasteiger charge is 2.28. The maximum atomic E-state index is 11.8. The third-order valence-electron chi connectivity index (χ3n) is 4.49. The molecule has 0 fully saturated rings. The van der Waals surface area contributed by atoms with Crippen molar-refractivity contribution in [2.75, 3.05) is 0 Å². The van der Waals surface area contributed by atoms with Crippen molar-refractivity contribution < 1.29 is 4.79 Å². The molecule has 1 aliphatic carbocycles. The van der Waals surface area contributed by atoms with Gasteiger partial charge in [-0.05, 0) is 41.7 Å². The van der Waals surface area contributed by atoms with Crippen molar-refractivity contribution in [2.24, 2.45) is 0 Å². The van der Waals surface area contributed by atoms with Gasteiger partial charge < -0.3 is 5.32 Å². The standard InChI is InChI=1S/C19H19Cl2NO/c1-2-19(23)22-18-10-8-13(14-5-3-4-6-15(14)18)12-7-9-16(20)17(21)11-12/h3-7,9,11,13,18H,2,8,10H2,1H3,(H,22,23)/t13-,18-/m0/s1. The summed E-state index contributed by atoms with van der Waals surface area (Å²) < 4.78 is 0. The molecular weight excluding hydrogens is 329 g/mol. The zero-order valence-electron chi connectivity index (χ0n) is 13.0. The number of hydrogen-bond donors (Lipinski definition) is 1. The lowest BCUT2D eigenvalue weighted by Gasteiger charge is -2.32. The lowest BCUT2D eigenvalue weighted by atomic mass is 9.76. The number of fused-ring (bicyclic) bond motifs is 1. The van der Waals surface area contributed by atoms with Crippen molar-refractivity contribution in [3.8, 4) is 0 Å². The zero-order valence-corrected chi connectivity index (χ0v) is 14.5. The molecule has 0 saturated heterocycles. The number of rotatable bonds is 3. The molecular formula is C19H19Cl2NO. The van der Waals surface area contributed by atoms with Gasteiger partial charge in [-0.1, -0.05) is 60.5 Å². The van der Waals surface area contributed by atoms with E-state index in [1.165, 1.54) is 16.7 Å². The monoisotopic (exact) mass is 347 g/mol. The quantitative estimate of drug-likeness (QED) is 0.781. The van der Waals surface area contributed by atoms with Crippen molar-refractivity contribution in [1.29, 1.82) is 0 Å². The van der Waals surface area contributed by atoms with Gasteiger partial charge in [0.15, 0.2) is 0 Å². The Morgan fingerprint density at radius 2 is 1.83 bits per heavy atom. The van der Waals surface area contributed by atoms with Gasteiger partial charge in [-0.2, -0.15) is 0 Å². The molecule has 1 N–H and O–H groups in total. The van der Waals surface area contributed by atoms with E-state index in [2.05, 4.69) is 17.4 Å². The van der Waals surface area contributed by atoms with Crippen LogP contribution < -0.4 is 5.32 Å². The Morgan fingerprint density at radius 1 is 1.09 bits per heavy atom. The highest BCUT2D eigenvalue weighted by Crippen LogP contribution is 2.42. The van der Waals surface area contributed by atoms with E-state index in [1.54, 1.807) is 0 Å². The summed E-state index contributed by atoms with van der Waals surface area (Å²) in [6, 6.07) is 14.3. The normalized spacial score (nSPS) is 20.0. The lowest BCUT2D eigenvalue weighted by Crippen LogP contribution is -2.31. The van der Waals surface area contributed by atoms with Gasteiger partial charge in [0.25, 0.3) is 0 Å². The van der Waals surface area contributed by atoms with Gasteiger partial charge in [0.2, 0.25) is 5.91 Å². The predicted molar refractivity (Wildman–Crippen MR) is 95.2 cm³/mol. The molecule has 3 rings (SSSR count). The number of halogens is 2. The summed E-state index contributed by atoms with van der Waals surface area (Å²) in [5.74, 6) is 0.383. The Labute approximate surface area is 146 Å². The molecule has 0 radical (unpaired) electrons. The summed E-state index contributed by atoms with van der Waals surface area (Å²) in [6.45, 7) is 1.88. The fourth-order valence-corrected chi connectivity index (χ4v) is 3.62. The first-order chi connectivity index (χ1) is 11.1. The summed E-state index contributed by atoms with van der Waals surface area (Å²) >= 11 is 12.2. The summed E-state index contributed by atoms with van der Waals surface area (Å²) in [5.41, 5.74) is 3.64. The number of nitrogens with one attached hydrogen (secondary N) is 1. The van der Waals surface area contributed by atoms with Crippen molar-refractivity contribution in [3.63, 3.8) is 0 Å². The highest BCUT2D eigenvalue weighted by molar-refractivity contribution is 6.42. The molecule has 2 atom stereocenters. The van der Waals surface area contributed by atoms with Crippen molar-refractivity contribution in [3.05, 3.63) is 69.2 Å². The second kappa shape index (κ2) is 6.94. The Balaban J connectivity index is 1.96. The maximum absolute atomic E-state index is 11.8. The fraction of sp³-hybridized carbons (Fsp3) is 0.316. The van der Waals surface area contributed by atoms with Crippen LogP contribution in [0.2, 0.25) is 10.0 Å². The maximum Gasteiger partial charge on any atom is 0.220 e. The Morgan fingerprint density at radius 3 is 2.52 bits per heavy atom. The molecule has 2 aromatic rings. The molecule has 0 bridgehead atoms. The van der Waals surface area contributed by atoms with E-state index in [9.17, 15) is 4.79 Å². The summed E-state index contributed by atoms with van der Waals surface area (Å²) in [7, 11) is 0. The molecule has 120 valence electrons. The van der Waals surface area contributed by atoms with Gasteiger partial charge in [0.1, 0.15) is 0 Å².